The van der Waals surface area contributed by atoms with E-state index in [1.54, 1.807) is 37.3 Å². The molecule has 1 aromatic heterocycles. The first kappa shape index (κ1) is 21.2. The van der Waals surface area contributed by atoms with Gasteiger partial charge in [0.2, 0.25) is 0 Å². The van der Waals surface area contributed by atoms with Crippen LogP contribution in [-0.2, 0) is 6.54 Å². The van der Waals surface area contributed by atoms with Crippen LogP contribution in [0.4, 0.5) is 5.13 Å². The van der Waals surface area contributed by atoms with Gasteiger partial charge in [-0.1, -0.05) is 59.3 Å². The van der Waals surface area contributed by atoms with Crippen molar-refractivity contribution in [1.82, 2.24) is 4.98 Å². The van der Waals surface area contributed by atoms with Crippen molar-refractivity contribution in [3.63, 3.8) is 0 Å². The molecule has 0 atom stereocenters. The number of rotatable bonds is 6. The summed E-state index contributed by atoms with van der Waals surface area (Å²) in [5, 5.41) is 1.22. The number of anilines is 1. The highest BCUT2D eigenvalue weighted by atomic mass is 35.5. The molecule has 158 valence electrons. The van der Waals surface area contributed by atoms with Crippen LogP contribution in [0.2, 0.25) is 5.02 Å². The summed E-state index contributed by atoms with van der Waals surface area (Å²) in [6.45, 7) is 2.37. The number of nitrogens with zero attached hydrogens (tertiary/aromatic N) is 2. The zero-order valence-corrected chi connectivity index (χ0v) is 19.0. The van der Waals surface area contributed by atoms with Gasteiger partial charge in [0.15, 0.2) is 16.6 Å². The topological polar surface area (TPSA) is 51.7 Å². The number of hydrogen-bond donors (Lipinski definition) is 0. The fraction of sp³-hybridized carbons (Fsp3) is 0.167. The van der Waals surface area contributed by atoms with Crippen LogP contribution in [0, 0.1) is 6.92 Å². The Labute approximate surface area is 189 Å². The summed E-state index contributed by atoms with van der Waals surface area (Å²) in [5.74, 6) is 0.880. The average molecular weight is 453 g/mol. The molecule has 0 saturated heterocycles. The summed E-state index contributed by atoms with van der Waals surface area (Å²) in [6, 6.07) is 18.8. The van der Waals surface area contributed by atoms with Crippen LogP contribution in [0.1, 0.15) is 21.5 Å². The Hall–Kier alpha value is -3.09. The fourth-order valence-corrected chi connectivity index (χ4v) is 4.64. The third-order valence-corrected chi connectivity index (χ3v) is 6.51. The van der Waals surface area contributed by atoms with Crippen LogP contribution in [0.15, 0.2) is 60.7 Å². The van der Waals surface area contributed by atoms with E-state index in [2.05, 4.69) is 0 Å². The van der Waals surface area contributed by atoms with Gasteiger partial charge in [-0.05, 0) is 42.3 Å². The van der Waals surface area contributed by atoms with Crippen molar-refractivity contribution in [3.8, 4) is 11.5 Å². The Morgan fingerprint density at radius 1 is 1.03 bits per heavy atom. The highest BCUT2D eigenvalue weighted by Crippen LogP contribution is 2.37. The van der Waals surface area contributed by atoms with E-state index in [1.807, 2.05) is 49.4 Å². The van der Waals surface area contributed by atoms with E-state index in [0.29, 0.717) is 33.8 Å². The predicted molar refractivity (Wildman–Crippen MR) is 126 cm³/mol. The lowest BCUT2D eigenvalue weighted by Gasteiger charge is -2.21. The number of aryl methyl sites for hydroxylation is 1. The van der Waals surface area contributed by atoms with Gasteiger partial charge in [0.25, 0.3) is 5.91 Å². The lowest BCUT2D eigenvalue weighted by Crippen LogP contribution is -2.30. The lowest BCUT2D eigenvalue weighted by molar-refractivity contribution is 0.0984. The smallest absolute Gasteiger partial charge is 0.260 e. The first-order chi connectivity index (χ1) is 15.0. The van der Waals surface area contributed by atoms with Crippen LogP contribution >= 0.6 is 22.9 Å². The standard InChI is InChI=1S/C24H21ClN2O3S/c1-15-9-11-18(25)22-21(15)26-24(31-22)27(14-16-7-5-4-6-8-16)23(28)17-10-12-19(29-2)20(13-17)30-3/h4-13H,14H2,1-3H3. The number of benzene rings is 3. The first-order valence-electron chi connectivity index (χ1n) is 9.65. The molecule has 3 aromatic carbocycles. The second-order valence-corrected chi connectivity index (χ2v) is 8.37. The van der Waals surface area contributed by atoms with Gasteiger partial charge in [-0.2, -0.15) is 0 Å². The Morgan fingerprint density at radius 2 is 1.77 bits per heavy atom. The van der Waals surface area contributed by atoms with Gasteiger partial charge in [0.1, 0.15) is 0 Å². The maximum absolute atomic E-state index is 13.6. The van der Waals surface area contributed by atoms with E-state index in [-0.39, 0.29) is 5.91 Å². The molecule has 0 unspecified atom stereocenters. The Balaban J connectivity index is 1.81. The van der Waals surface area contributed by atoms with Crippen molar-refractivity contribution in [2.75, 3.05) is 19.1 Å². The number of methoxy groups -OCH3 is 2. The number of fused-ring (bicyclic) bond motifs is 1. The predicted octanol–water partition coefficient (Wildman–Crippen LogP) is 6.12. The van der Waals surface area contributed by atoms with Crippen molar-refractivity contribution in [2.45, 2.75) is 13.5 Å². The third kappa shape index (κ3) is 4.22. The SMILES string of the molecule is COc1ccc(C(=O)N(Cc2ccccc2)c2nc3c(C)ccc(Cl)c3s2)cc1OC. The minimum absolute atomic E-state index is 0.183. The number of carbonyl (C=O) groups is 1. The molecule has 31 heavy (non-hydrogen) atoms. The summed E-state index contributed by atoms with van der Waals surface area (Å²) >= 11 is 7.83. The van der Waals surface area contributed by atoms with E-state index in [9.17, 15) is 4.79 Å². The van der Waals surface area contributed by atoms with E-state index in [0.717, 1.165) is 21.3 Å². The summed E-state index contributed by atoms with van der Waals surface area (Å²) in [5.41, 5.74) is 3.31. The van der Waals surface area contributed by atoms with Gasteiger partial charge in [-0.3, -0.25) is 9.69 Å². The molecule has 0 saturated carbocycles. The number of thiazole rings is 1. The van der Waals surface area contributed by atoms with E-state index in [4.69, 9.17) is 26.1 Å². The zero-order chi connectivity index (χ0) is 22.0. The minimum Gasteiger partial charge on any atom is -0.493 e. The maximum Gasteiger partial charge on any atom is 0.260 e. The molecule has 0 spiro atoms. The average Bonchev–Trinajstić information content (AvgIpc) is 3.26. The summed E-state index contributed by atoms with van der Waals surface area (Å²) in [6.07, 6.45) is 0. The molecule has 1 heterocycles. The molecule has 0 N–H and O–H groups in total. The van der Waals surface area contributed by atoms with Crippen LogP contribution in [-0.4, -0.2) is 25.1 Å². The largest absolute Gasteiger partial charge is 0.493 e. The summed E-state index contributed by atoms with van der Waals surface area (Å²) in [4.78, 5) is 20.1. The van der Waals surface area contributed by atoms with Gasteiger partial charge in [0.05, 0.1) is 36.0 Å². The van der Waals surface area contributed by atoms with Crippen LogP contribution in [0.5, 0.6) is 11.5 Å². The number of ether oxygens (including phenoxy) is 2. The van der Waals surface area contributed by atoms with Crippen molar-refractivity contribution in [1.29, 1.82) is 0 Å². The minimum atomic E-state index is -0.183. The number of amides is 1. The monoisotopic (exact) mass is 452 g/mol. The van der Waals surface area contributed by atoms with Crippen LogP contribution in [0.25, 0.3) is 10.2 Å². The normalized spacial score (nSPS) is 10.8. The molecule has 0 fully saturated rings. The second-order valence-electron chi connectivity index (χ2n) is 6.99. The molecular weight excluding hydrogens is 432 g/mol. The molecule has 0 aliphatic carbocycles. The number of aromatic nitrogens is 1. The van der Waals surface area contributed by atoms with Gasteiger partial charge < -0.3 is 9.47 Å². The molecular formula is C24H21ClN2O3S. The Bertz CT molecular complexity index is 1200. The molecule has 0 aliphatic rings. The van der Waals surface area contributed by atoms with Gasteiger partial charge in [-0.15, -0.1) is 0 Å². The third-order valence-electron chi connectivity index (χ3n) is 4.98. The fourth-order valence-electron chi connectivity index (χ4n) is 3.32. The molecule has 7 heteroatoms. The summed E-state index contributed by atoms with van der Waals surface area (Å²) < 4.78 is 11.6. The number of halogens is 1. The van der Waals surface area contributed by atoms with E-state index < -0.39 is 0 Å². The zero-order valence-electron chi connectivity index (χ0n) is 17.4. The quantitative estimate of drug-likeness (QED) is 0.353. The van der Waals surface area contributed by atoms with Crippen molar-refractivity contribution >= 4 is 44.2 Å². The molecule has 0 aliphatic heterocycles. The molecule has 0 bridgehead atoms. The van der Waals surface area contributed by atoms with Crippen molar-refractivity contribution < 1.29 is 14.3 Å². The van der Waals surface area contributed by atoms with Gasteiger partial charge >= 0.3 is 0 Å². The van der Waals surface area contributed by atoms with Crippen LogP contribution < -0.4 is 14.4 Å². The number of carbonyl (C=O) groups excluding carboxylic acids is 1. The highest BCUT2D eigenvalue weighted by Gasteiger charge is 2.24. The van der Waals surface area contributed by atoms with Crippen molar-refractivity contribution in [3.05, 3.63) is 82.4 Å². The number of hydrogen-bond acceptors (Lipinski definition) is 5. The van der Waals surface area contributed by atoms with E-state index in [1.165, 1.54) is 11.3 Å². The molecule has 4 aromatic rings. The Morgan fingerprint density at radius 3 is 2.45 bits per heavy atom. The van der Waals surface area contributed by atoms with Gasteiger partial charge in [-0.25, -0.2) is 4.98 Å². The molecule has 1 amide bonds. The van der Waals surface area contributed by atoms with Crippen LogP contribution in [0.3, 0.4) is 0 Å². The Kier molecular flexibility index (Phi) is 6.11. The summed E-state index contributed by atoms with van der Waals surface area (Å²) in [7, 11) is 3.11. The highest BCUT2D eigenvalue weighted by molar-refractivity contribution is 7.23. The molecule has 5 nitrogen and oxygen atoms in total. The van der Waals surface area contributed by atoms with E-state index >= 15 is 0 Å². The van der Waals surface area contributed by atoms with Crippen molar-refractivity contribution in [2.24, 2.45) is 0 Å². The maximum atomic E-state index is 13.6. The van der Waals surface area contributed by atoms with Gasteiger partial charge in [0, 0.05) is 5.56 Å². The second kappa shape index (κ2) is 8.96. The molecule has 4 rings (SSSR count). The lowest BCUT2D eigenvalue weighted by atomic mass is 10.1. The first-order valence-corrected chi connectivity index (χ1v) is 10.8. The molecule has 0 radical (unpaired) electrons.